The summed E-state index contributed by atoms with van der Waals surface area (Å²) in [6, 6.07) is 18.8. The van der Waals surface area contributed by atoms with Gasteiger partial charge >= 0.3 is 5.97 Å². The number of fused-ring (bicyclic) bond motifs is 2. The molecule has 0 aromatic heterocycles. The third-order valence-corrected chi connectivity index (χ3v) is 10.7. The average Bonchev–Trinajstić information content (AvgIpc) is 3.72. The van der Waals surface area contributed by atoms with Crippen LogP contribution in [0.2, 0.25) is 15.1 Å². The molecule has 11 nitrogen and oxygen atoms in total. The van der Waals surface area contributed by atoms with Crippen molar-refractivity contribution in [2.45, 2.75) is 120 Å². The van der Waals surface area contributed by atoms with Crippen molar-refractivity contribution in [3.8, 4) is 0 Å². The van der Waals surface area contributed by atoms with Gasteiger partial charge in [-0.15, -0.1) is 0 Å². The highest BCUT2D eigenvalue weighted by atomic mass is 35.5. The van der Waals surface area contributed by atoms with Crippen LogP contribution in [-0.4, -0.2) is 81.1 Å². The number of halogens is 3. The molecule has 3 N–H and O–H groups in total. The number of carbonyl (C=O) groups is 1. The predicted octanol–water partition coefficient (Wildman–Crippen LogP) is 6.83. The first-order chi connectivity index (χ1) is 24.2. The van der Waals surface area contributed by atoms with Gasteiger partial charge in [0, 0.05) is 5.02 Å². The lowest BCUT2D eigenvalue weighted by molar-refractivity contribution is -0.240. The van der Waals surface area contributed by atoms with Crippen LogP contribution in [0, 0.1) is 6.92 Å². The summed E-state index contributed by atoms with van der Waals surface area (Å²) in [6.07, 6.45) is -6.75. The second-order valence-corrected chi connectivity index (χ2v) is 16.0. The standard InChI is InChI=1S/C23H25ClO6.C15H18Cl2O5/c1-13-10-11-15(12-16(13)24)17(27-20(25)14-8-6-5-7-9-14)18-23(4,26)19-21(28-18)30-22(2,3)29-19;1-14(2)21-12-13(22-14)20-11(15(12,3)19)10(18)7-4-5-8(16)9(17)6-7/h5-12,17-19,21,26H,1-4H3;4-6,10-13,18-19H,1-3H3/t17-,18-,19+,21-,23-;10-,11-,12+,13-,15-/m11/s1. The van der Waals surface area contributed by atoms with Gasteiger partial charge in [-0.2, -0.15) is 0 Å². The van der Waals surface area contributed by atoms with E-state index in [1.165, 1.54) is 0 Å². The molecule has 4 aliphatic heterocycles. The van der Waals surface area contributed by atoms with Crippen molar-refractivity contribution >= 4 is 40.8 Å². The molecule has 4 saturated heterocycles. The Hall–Kier alpha value is -2.36. The summed E-state index contributed by atoms with van der Waals surface area (Å²) in [7, 11) is 0. The largest absolute Gasteiger partial charge is 0.451 e. The highest BCUT2D eigenvalue weighted by Gasteiger charge is 2.64. The summed E-state index contributed by atoms with van der Waals surface area (Å²) in [6.45, 7) is 12.1. The van der Waals surface area contributed by atoms with Crippen molar-refractivity contribution in [2.24, 2.45) is 0 Å². The number of ether oxygens (including phenoxy) is 7. The fraction of sp³-hybridized carbons (Fsp3) is 0.500. The quantitative estimate of drug-likeness (QED) is 0.227. The highest BCUT2D eigenvalue weighted by molar-refractivity contribution is 6.42. The number of aryl methyl sites for hydroxylation is 1. The predicted molar refractivity (Wildman–Crippen MR) is 191 cm³/mol. The zero-order valence-electron chi connectivity index (χ0n) is 29.7. The second kappa shape index (κ2) is 14.4. The Morgan fingerprint density at radius 1 is 0.692 bits per heavy atom. The molecule has 0 saturated carbocycles. The van der Waals surface area contributed by atoms with E-state index >= 15 is 0 Å². The normalized spacial score (nSPS) is 33.8. The molecule has 0 bridgehead atoms. The summed E-state index contributed by atoms with van der Waals surface area (Å²) in [5.41, 5.74) is -0.495. The number of hydrogen-bond donors (Lipinski definition) is 3. The molecule has 7 rings (SSSR count). The Labute approximate surface area is 317 Å². The number of rotatable bonds is 6. The fourth-order valence-corrected chi connectivity index (χ4v) is 7.32. The monoisotopic (exact) mass is 780 g/mol. The maximum Gasteiger partial charge on any atom is 0.338 e. The Balaban J connectivity index is 0.000000187. The molecule has 4 fully saturated rings. The van der Waals surface area contributed by atoms with Gasteiger partial charge in [0.15, 0.2) is 30.3 Å². The van der Waals surface area contributed by atoms with Gasteiger partial charge in [-0.05, 0) is 95.5 Å². The molecular weight excluding hydrogens is 739 g/mol. The van der Waals surface area contributed by atoms with E-state index in [1.807, 2.05) is 25.1 Å². The van der Waals surface area contributed by atoms with Gasteiger partial charge < -0.3 is 48.5 Å². The molecular formula is C38H43Cl3O11. The average molecular weight is 782 g/mol. The van der Waals surface area contributed by atoms with Gasteiger partial charge in [0.2, 0.25) is 0 Å². The van der Waals surface area contributed by atoms with E-state index in [1.54, 1.807) is 90.1 Å². The van der Waals surface area contributed by atoms with Gasteiger partial charge in [0.25, 0.3) is 0 Å². The van der Waals surface area contributed by atoms with Gasteiger partial charge in [0.05, 0.1) is 15.6 Å². The molecule has 10 atom stereocenters. The Bertz CT molecular complexity index is 1780. The van der Waals surface area contributed by atoms with Gasteiger partial charge in [-0.3, -0.25) is 0 Å². The van der Waals surface area contributed by atoms with Crippen LogP contribution < -0.4 is 0 Å². The SMILES string of the molecule is CC1(C)O[C@H]2O[C@H]([C@H](O)c3ccc(Cl)c(Cl)c3)[C@@](C)(O)[C@H]2O1.Cc1ccc([C@@H](OC(=O)c2ccccc2)[C@H]2O[C@@H]3OC(C)(C)O[C@@H]3[C@]2(C)O)cc1Cl. The van der Waals surface area contributed by atoms with Crippen LogP contribution in [0.1, 0.15) is 80.8 Å². The van der Waals surface area contributed by atoms with Crippen LogP contribution in [-0.2, 0) is 33.2 Å². The molecule has 0 amide bonds. The third-order valence-electron chi connectivity index (χ3n) is 9.60. The van der Waals surface area contributed by atoms with Gasteiger partial charge in [-0.1, -0.05) is 71.2 Å². The molecule has 0 spiro atoms. The summed E-state index contributed by atoms with van der Waals surface area (Å²) in [4.78, 5) is 12.8. The zero-order valence-corrected chi connectivity index (χ0v) is 32.0. The lowest BCUT2D eigenvalue weighted by Crippen LogP contribution is -2.49. The maximum atomic E-state index is 12.8. The summed E-state index contributed by atoms with van der Waals surface area (Å²) < 4.78 is 40.6. The van der Waals surface area contributed by atoms with E-state index < -0.39 is 77.9 Å². The van der Waals surface area contributed by atoms with Crippen molar-refractivity contribution < 1.29 is 53.3 Å². The molecule has 14 heteroatoms. The zero-order chi connectivity index (χ0) is 38.0. The third kappa shape index (κ3) is 7.75. The molecule has 3 aromatic rings. The highest BCUT2D eigenvalue weighted by Crippen LogP contribution is 2.49. The number of hydrogen-bond acceptors (Lipinski definition) is 11. The van der Waals surface area contributed by atoms with Crippen molar-refractivity contribution in [1.29, 1.82) is 0 Å². The number of esters is 1. The van der Waals surface area contributed by atoms with Crippen molar-refractivity contribution in [1.82, 2.24) is 0 Å². The minimum Gasteiger partial charge on any atom is -0.451 e. The van der Waals surface area contributed by atoms with E-state index in [0.717, 1.165) is 5.56 Å². The van der Waals surface area contributed by atoms with E-state index in [-0.39, 0.29) is 0 Å². The smallest absolute Gasteiger partial charge is 0.338 e. The summed E-state index contributed by atoms with van der Waals surface area (Å²) in [5.74, 6) is -2.25. The van der Waals surface area contributed by atoms with E-state index in [4.69, 9.17) is 68.0 Å². The lowest BCUT2D eigenvalue weighted by atomic mass is 9.88. The van der Waals surface area contributed by atoms with Gasteiger partial charge in [0.1, 0.15) is 41.7 Å². The molecule has 4 heterocycles. The minimum absolute atomic E-state index is 0.324. The van der Waals surface area contributed by atoms with Crippen LogP contribution in [0.4, 0.5) is 0 Å². The number of benzene rings is 3. The van der Waals surface area contributed by atoms with Crippen molar-refractivity contribution in [3.05, 3.63) is 104 Å². The van der Waals surface area contributed by atoms with Crippen LogP contribution in [0.5, 0.6) is 0 Å². The molecule has 3 aromatic carbocycles. The lowest BCUT2D eigenvalue weighted by Gasteiger charge is -2.34. The Kier molecular flexibility index (Phi) is 10.9. The van der Waals surface area contributed by atoms with Crippen molar-refractivity contribution in [3.63, 3.8) is 0 Å². The topological polar surface area (TPSA) is 142 Å². The number of aliphatic hydroxyl groups excluding tert-OH is 1. The molecule has 0 unspecified atom stereocenters. The Morgan fingerprint density at radius 2 is 1.21 bits per heavy atom. The van der Waals surface area contributed by atoms with Crippen LogP contribution in [0.25, 0.3) is 0 Å². The molecule has 282 valence electrons. The number of aliphatic hydroxyl groups is 3. The van der Waals surface area contributed by atoms with Crippen molar-refractivity contribution in [2.75, 3.05) is 0 Å². The fourth-order valence-electron chi connectivity index (χ4n) is 6.83. The molecule has 52 heavy (non-hydrogen) atoms. The molecule has 0 aliphatic carbocycles. The molecule has 4 aliphatic rings. The number of carbonyl (C=O) groups excluding carboxylic acids is 1. The van der Waals surface area contributed by atoms with E-state index in [0.29, 0.717) is 31.8 Å². The van der Waals surface area contributed by atoms with Gasteiger partial charge in [-0.25, -0.2) is 4.79 Å². The minimum atomic E-state index is -1.47. The van der Waals surface area contributed by atoms with E-state index in [2.05, 4.69) is 0 Å². The van der Waals surface area contributed by atoms with Crippen LogP contribution in [0.15, 0.2) is 66.7 Å². The maximum absolute atomic E-state index is 12.8. The molecule has 0 radical (unpaired) electrons. The summed E-state index contributed by atoms with van der Waals surface area (Å²) >= 11 is 18.2. The first-order valence-electron chi connectivity index (χ1n) is 16.8. The second-order valence-electron chi connectivity index (χ2n) is 14.7. The van der Waals surface area contributed by atoms with E-state index in [9.17, 15) is 20.1 Å². The van der Waals surface area contributed by atoms with Crippen LogP contribution >= 0.6 is 34.8 Å². The van der Waals surface area contributed by atoms with Crippen LogP contribution in [0.3, 0.4) is 0 Å². The first kappa shape index (κ1) is 39.3. The first-order valence-corrected chi connectivity index (χ1v) is 18.0. The Morgan fingerprint density at radius 3 is 1.75 bits per heavy atom. The summed E-state index contributed by atoms with van der Waals surface area (Å²) in [5, 5.41) is 33.9.